The van der Waals surface area contributed by atoms with Gasteiger partial charge in [-0.2, -0.15) is 0 Å². The maximum absolute atomic E-state index is 14.1. The lowest BCUT2D eigenvalue weighted by atomic mass is 9.89. The number of nitrogens with zero attached hydrogens (tertiary/aromatic N) is 3. The average molecular weight is 411 g/mol. The van der Waals surface area contributed by atoms with Crippen molar-refractivity contribution in [3.8, 4) is 0 Å². The number of hydrogen-bond acceptors (Lipinski definition) is 3. The fraction of sp³-hybridized carbons (Fsp3) is 0.458. The molecule has 2 aromatic rings. The van der Waals surface area contributed by atoms with Gasteiger partial charge in [0, 0.05) is 52.3 Å². The van der Waals surface area contributed by atoms with Crippen molar-refractivity contribution in [3.63, 3.8) is 0 Å². The fourth-order valence-corrected chi connectivity index (χ4v) is 4.49. The molecule has 30 heavy (non-hydrogen) atoms. The van der Waals surface area contributed by atoms with E-state index in [0.717, 1.165) is 58.1 Å². The normalized spacial score (nSPS) is 22.8. The second kappa shape index (κ2) is 9.94. The van der Waals surface area contributed by atoms with Gasteiger partial charge in [-0.25, -0.2) is 4.39 Å². The van der Waals surface area contributed by atoms with Crippen molar-refractivity contribution < 1.29 is 9.13 Å². The summed E-state index contributed by atoms with van der Waals surface area (Å²) in [5, 5.41) is 3.58. The number of hydrogen-bond donors (Lipinski definition) is 1. The van der Waals surface area contributed by atoms with E-state index in [1.165, 1.54) is 11.6 Å². The Balaban J connectivity index is 1.33. The van der Waals surface area contributed by atoms with Crippen LogP contribution in [0, 0.1) is 11.7 Å². The highest BCUT2D eigenvalue weighted by Gasteiger charge is 2.28. The van der Waals surface area contributed by atoms with E-state index in [1.54, 1.807) is 6.07 Å². The number of rotatable bonds is 4. The Hall–Kier alpha value is -2.60. The molecule has 1 N–H and O–H groups in total. The molecular weight excluding hydrogens is 379 g/mol. The van der Waals surface area contributed by atoms with Crippen molar-refractivity contribution in [3.05, 3.63) is 66.0 Å². The predicted molar refractivity (Wildman–Crippen MR) is 119 cm³/mol. The van der Waals surface area contributed by atoms with E-state index in [-0.39, 0.29) is 11.9 Å². The van der Waals surface area contributed by atoms with Gasteiger partial charge in [-0.15, -0.1) is 0 Å². The summed E-state index contributed by atoms with van der Waals surface area (Å²) in [7, 11) is 1.83. The van der Waals surface area contributed by atoms with Crippen LogP contribution in [0.15, 0.2) is 59.6 Å². The number of anilines is 1. The molecule has 0 radical (unpaired) electrons. The third kappa shape index (κ3) is 4.75. The molecule has 6 heteroatoms. The first kappa shape index (κ1) is 20.7. The van der Waals surface area contributed by atoms with Crippen LogP contribution in [-0.2, 0) is 4.74 Å². The minimum Gasteiger partial charge on any atom is -0.373 e. The summed E-state index contributed by atoms with van der Waals surface area (Å²) in [6, 6.07) is 17.5. The van der Waals surface area contributed by atoms with Gasteiger partial charge in [0.25, 0.3) is 0 Å². The van der Waals surface area contributed by atoms with Gasteiger partial charge in [-0.3, -0.25) is 4.99 Å². The zero-order chi connectivity index (χ0) is 20.8. The van der Waals surface area contributed by atoms with Crippen LogP contribution >= 0.6 is 0 Å². The highest BCUT2D eigenvalue weighted by molar-refractivity contribution is 5.80. The lowest BCUT2D eigenvalue weighted by Gasteiger charge is -2.38. The predicted octanol–water partition coefficient (Wildman–Crippen LogP) is 3.69. The van der Waals surface area contributed by atoms with E-state index in [4.69, 9.17) is 4.74 Å². The number of piperazine rings is 1. The molecule has 4 rings (SSSR count). The molecule has 2 saturated heterocycles. The number of benzene rings is 2. The monoisotopic (exact) mass is 410 g/mol. The van der Waals surface area contributed by atoms with Crippen molar-refractivity contribution in [2.45, 2.75) is 18.9 Å². The summed E-state index contributed by atoms with van der Waals surface area (Å²) < 4.78 is 20.2. The van der Waals surface area contributed by atoms with Crippen LogP contribution < -0.4 is 10.2 Å². The number of ether oxygens (including phenoxy) is 1. The third-order valence-corrected chi connectivity index (χ3v) is 6.08. The zero-order valence-corrected chi connectivity index (χ0v) is 17.6. The summed E-state index contributed by atoms with van der Waals surface area (Å²) in [5.41, 5.74) is 1.93. The maximum atomic E-state index is 14.1. The third-order valence-electron chi connectivity index (χ3n) is 6.08. The standard InChI is InChI=1S/C24H31FN4O/c1-26-24(29-15-13-28(14-16-29)22-12-6-5-11-21(22)25)27-18-20-10-7-17-30-23(20)19-8-3-2-4-9-19/h2-6,8-9,11-12,20,23H,7,10,13-18H2,1H3,(H,26,27). The molecule has 2 aliphatic heterocycles. The fourth-order valence-electron chi connectivity index (χ4n) is 4.49. The Bertz CT molecular complexity index is 836. The molecular formula is C24H31FN4O. The SMILES string of the molecule is CN=C(NCC1CCCOC1c1ccccc1)N1CCN(c2ccccc2F)CC1. The first-order valence-electron chi connectivity index (χ1n) is 10.9. The molecule has 0 bridgehead atoms. The first-order chi connectivity index (χ1) is 14.8. The first-order valence-corrected chi connectivity index (χ1v) is 10.9. The second-order valence-corrected chi connectivity index (χ2v) is 7.96. The van der Waals surface area contributed by atoms with E-state index < -0.39 is 0 Å². The Kier molecular flexibility index (Phi) is 6.84. The Morgan fingerprint density at radius 2 is 1.80 bits per heavy atom. The second-order valence-electron chi connectivity index (χ2n) is 7.96. The molecule has 5 nitrogen and oxygen atoms in total. The highest BCUT2D eigenvalue weighted by Crippen LogP contribution is 2.33. The van der Waals surface area contributed by atoms with Gasteiger partial charge >= 0.3 is 0 Å². The summed E-state index contributed by atoms with van der Waals surface area (Å²) in [5.74, 6) is 1.18. The molecule has 2 unspecified atom stereocenters. The van der Waals surface area contributed by atoms with Gasteiger partial charge in [-0.05, 0) is 30.5 Å². The Labute approximate surface area is 178 Å². The topological polar surface area (TPSA) is 40.1 Å². The molecule has 2 heterocycles. The maximum Gasteiger partial charge on any atom is 0.193 e. The smallest absolute Gasteiger partial charge is 0.193 e. The number of para-hydroxylation sites is 1. The van der Waals surface area contributed by atoms with Gasteiger partial charge < -0.3 is 19.9 Å². The Morgan fingerprint density at radius 1 is 1.07 bits per heavy atom. The van der Waals surface area contributed by atoms with E-state index in [0.29, 0.717) is 11.6 Å². The quantitative estimate of drug-likeness (QED) is 0.617. The van der Waals surface area contributed by atoms with E-state index >= 15 is 0 Å². The summed E-state index contributed by atoms with van der Waals surface area (Å²) in [6.07, 6.45) is 2.36. The van der Waals surface area contributed by atoms with Crippen LogP contribution in [0.4, 0.5) is 10.1 Å². The molecule has 0 aromatic heterocycles. The Morgan fingerprint density at radius 3 is 2.53 bits per heavy atom. The van der Waals surface area contributed by atoms with Crippen molar-refractivity contribution in [1.82, 2.24) is 10.2 Å². The molecule has 0 amide bonds. The summed E-state index contributed by atoms with van der Waals surface area (Å²) >= 11 is 0. The van der Waals surface area contributed by atoms with Crippen molar-refractivity contribution in [2.75, 3.05) is 51.3 Å². The van der Waals surface area contributed by atoms with E-state index in [1.807, 2.05) is 25.2 Å². The number of aliphatic imine (C=N–C) groups is 1. The van der Waals surface area contributed by atoms with Gasteiger partial charge in [0.05, 0.1) is 11.8 Å². The zero-order valence-electron chi connectivity index (χ0n) is 17.6. The van der Waals surface area contributed by atoms with Crippen LogP contribution in [0.1, 0.15) is 24.5 Å². The van der Waals surface area contributed by atoms with Crippen LogP contribution in [0.5, 0.6) is 0 Å². The molecule has 2 aliphatic rings. The van der Waals surface area contributed by atoms with Crippen molar-refractivity contribution >= 4 is 11.6 Å². The average Bonchev–Trinajstić information content (AvgIpc) is 2.81. The van der Waals surface area contributed by atoms with Crippen LogP contribution in [0.3, 0.4) is 0 Å². The minimum absolute atomic E-state index is 0.128. The molecule has 160 valence electrons. The largest absolute Gasteiger partial charge is 0.373 e. The van der Waals surface area contributed by atoms with Gasteiger partial charge in [-0.1, -0.05) is 42.5 Å². The van der Waals surface area contributed by atoms with Gasteiger partial charge in [0.15, 0.2) is 5.96 Å². The van der Waals surface area contributed by atoms with Crippen molar-refractivity contribution in [1.29, 1.82) is 0 Å². The highest BCUT2D eigenvalue weighted by atomic mass is 19.1. The van der Waals surface area contributed by atoms with Crippen LogP contribution in [0.2, 0.25) is 0 Å². The number of guanidine groups is 1. The molecule has 0 saturated carbocycles. The molecule has 2 fully saturated rings. The lowest BCUT2D eigenvalue weighted by molar-refractivity contribution is -0.0266. The molecule has 0 spiro atoms. The van der Waals surface area contributed by atoms with Crippen LogP contribution in [-0.4, -0.2) is 57.2 Å². The minimum atomic E-state index is -0.155. The molecule has 0 aliphatic carbocycles. The number of halogens is 1. The molecule has 2 aromatic carbocycles. The molecule has 2 atom stereocenters. The number of nitrogens with one attached hydrogen (secondary N) is 1. The van der Waals surface area contributed by atoms with E-state index in [2.05, 4.69) is 44.4 Å². The van der Waals surface area contributed by atoms with Gasteiger partial charge in [0.1, 0.15) is 5.82 Å². The summed E-state index contributed by atoms with van der Waals surface area (Å²) in [6.45, 7) is 4.85. The van der Waals surface area contributed by atoms with Crippen LogP contribution in [0.25, 0.3) is 0 Å². The van der Waals surface area contributed by atoms with Crippen molar-refractivity contribution in [2.24, 2.45) is 10.9 Å². The van der Waals surface area contributed by atoms with E-state index in [9.17, 15) is 4.39 Å². The lowest BCUT2D eigenvalue weighted by Crippen LogP contribution is -2.53. The van der Waals surface area contributed by atoms with Gasteiger partial charge in [0.2, 0.25) is 0 Å². The summed E-state index contributed by atoms with van der Waals surface area (Å²) in [4.78, 5) is 8.88.